The molecule has 1 aromatic heterocycles. The highest BCUT2D eigenvalue weighted by atomic mass is 15.2. The van der Waals surface area contributed by atoms with Gasteiger partial charge in [-0.1, -0.05) is 182 Å². The van der Waals surface area contributed by atoms with Gasteiger partial charge in [0.05, 0.1) is 29.0 Å². The number of benzene rings is 11. The Hall–Kier alpha value is -9.18. The van der Waals surface area contributed by atoms with Gasteiger partial charge in [0.1, 0.15) is 0 Å². The van der Waals surface area contributed by atoms with E-state index in [1.807, 2.05) is 41.3 Å². The van der Waals surface area contributed by atoms with Crippen molar-refractivity contribution in [3.63, 3.8) is 0 Å². The maximum absolute atomic E-state index is 9.26. The normalized spacial score (nSPS) is 15.1. The second-order valence-electron chi connectivity index (χ2n) is 18.1. The summed E-state index contributed by atoms with van der Waals surface area (Å²) in [4.78, 5) is 4.24. The summed E-state index contributed by atoms with van der Waals surface area (Å²) in [5.74, 6) is 0. The Labute approximate surface area is 415 Å². The second kappa shape index (κ2) is 16.0. The molecule has 3 nitrogen and oxygen atoms in total. The van der Waals surface area contributed by atoms with E-state index in [1.165, 1.54) is 5.39 Å². The summed E-state index contributed by atoms with van der Waals surface area (Å²) < 4.78 is 46.9. The average molecular weight is 897 g/mol. The van der Waals surface area contributed by atoms with E-state index in [-0.39, 0.29) is 29.9 Å². The molecule has 11 aromatic carbocycles. The first-order valence-electron chi connectivity index (χ1n) is 26.3. The number of nitrogens with zero attached hydrogens (tertiary/aromatic N) is 3. The van der Waals surface area contributed by atoms with Crippen molar-refractivity contribution in [2.75, 3.05) is 9.80 Å². The van der Waals surface area contributed by atoms with Crippen LogP contribution in [-0.2, 0) is 5.41 Å². The van der Waals surface area contributed by atoms with Crippen LogP contribution in [0.1, 0.15) is 29.1 Å². The lowest BCUT2D eigenvalue weighted by Gasteiger charge is -2.33. The van der Waals surface area contributed by atoms with E-state index in [0.29, 0.717) is 11.4 Å². The standard InChI is InChI=1S/C67H45N3/c1-5-21-46(22-6-1)53-29-15-19-35-64(53)69(50-39-42-66-59(43-50)58-32-16-20-36-65(58)70(66)49-27-11-4-12-28-49)52-38-41-57-55-31-14-18-34-61(55)67(63(57)45-52)60-33-17-13-30-54(60)56-40-37-51(44-62(56)67)68(47-23-7-2-8-24-47)48-25-9-3-10-26-48/h1-45H/i2D,7D,8D,23D,24D. The molecule has 328 valence electrons. The van der Waals surface area contributed by atoms with Crippen LogP contribution in [0.4, 0.5) is 34.1 Å². The molecule has 0 amide bonds. The summed E-state index contributed by atoms with van der Waals surface area (Å²) in [6, 6.07) is 84.0. The molecule has 0 bridgehead atoms. The molecule has 0 aliphatic heterocycles. The number of hydrogen-bond acceptors (Lipinski definition) is 2. The molecular formula is C67H45N3. The van der Waals surface area contributed by atoms with Gasteiger partial charge in [0.15, 0.2) is 0 Å². The fourth-order valence-electron chi connectivity index (χ4n) is 11.6. The summed E-state index contributed by atoms with van der Waals surface area (Å²) in [7, 11) is 0. The first kappa shape index (κ1) is 35.0. The highest BCUT2D eigenvalue weighted by Crippen LogP contribution is 2.64. The minimum absolute atomic E-state index is 0.0859. The van der Waals surface area contributed by atoms with Gasteiger partial charge in [-0.25, -0.2) is 0 Å². The number of anilines is 6. The highest BCUT2D eigenvalue weighted by molar-refractivity contribution is 6.11. The van der Waals surface area contributed by atoms with E-state index < -0.39 is 11.5 Å². The third kappa shape index (κ3) is 5.95. The third-order valence-electron chi connectivity index (χ3n) is 14.5. The molecule has 2 aliphatic carbocycles. The molecule has 1 atom stereocenters. The Balaban J connectivity index is 1.04. The molecule has 0 N–H and O–H groups in total. The maximum Gasteiger partial charge on any atom is 0.0727 e. The highest BCUT2D eigenvalue weighted by Gasteiger charge is 2.52. The van der Waals surface area contributed by atoms with Gasteiger partial charge < -0.3 is 14.4 Å². The number of rotatable bonds is 8. The minimum Gasteiger partial charge on any atom is -0.310 e. The van der Waals surface area contributed by atoms with E-state index in [1.54, 1.807) is 0 Å². The number of hydrogen-bond donors (Lipinski definition) is 0. The summed E-state index contributed by atoms with van der Waals surface area (Å²) >= 11 is 0. The van der Waals surface area contributed by atoms with Crippen LogP contribution < -0.4 is 9.80 Å². The van der Waals surface area contributed by atoms with Crippen molar-refractivity contribution in [2.45, 2.75) is 5.41 Å². The van der Waals surface area contributed by atoms with Gasteiger partial charge >= 0.3 is 0 Å². The molecule has 2 aliphatic rings. The van der Waals surface area contributed by atoms with Gasteiger partial charge in [-0.2, -0.15) is 0 Å². The van der Waals surface area contributed by atoms with Crippen molar-refractivity contribution in [1.29, 1.82) is 0 Å². The quantitative estimate of drug-likeness (QED) is 0.151. The van der Waals surface area contributed by atoms with Gasteiger partial charge in [-0.05, 0) is 141 Å². The summed E-state index contributed by atoms with van der Waals surface area (Å²) in [5, 5.41) is 2.31. The van der Waals surface area contributed by atoms with Crippen molar-refractivity contribution in [2.24, 2.45) is 0 Å². The molecule has 1 heterocycles. The van der Waals surface area contributed by atoms with Crippen LogP contribution in [0.5, 0.6) is 0 Å². The van der Waals surface area contributed by atoms with Gasteiger partial charge in [-0.15, -0.1) is 0 Å². The maximum atomic E-state index is 9.26. The smallest absolute Gasteiger partial charge is 0.0727 e. The monoisotopic (exact) mass is 896 g/mol. The van der Waals surface area contributed by atoms with E-state index in [9.17, 15) is 2.74 Å². The Kier molecular flexibility index (Phi) is 8.00. The molecule has 70 heavy (non-hydrogen) atoms. The van der Waals surface area contributed by atoms with Crippen molar-refractivity contribution in [3.8, 4) is 39.1 Å². The Morgan fingerprint density at radius 1 is 0.329 bits per heavy atom. The molecule has 0 fully saturated rings. The van der Waals surface area contributed by atoms with E-state index in [0.717, 1.165) is 94.8 Å². The van der Waals surface area contributed by atoms with Crippen LogP contribution in [-0.4, -0.2) is 4.57 Å². The molecule has 14 rings (SSSR count). The van der Waals surface area contributed by atoms with E-state index >= 15 is 0 Å². The van der Waals surface area contributed by atoms with Crippen LogP contribution >= 0.6 is 0 Å². The molecule has 12 aromatic rings. The molecular weight excluding hydrogens is 847 g/mol. The zero-order chi connectivity index (χ0) is 50.5. The van der Waals surface area contributed by atoms with E-state index in [4.69, 9.17) is 4.11 Å². The van der Waals surface area contributed by atoms with Crippen LogP contribution in [0.2, 0.25) is 0 Å². The summed E-state index contributed by atoms with van der Waals surface area (Å²) in [6.45, 7) is 0. The second-order valence-corrected chi connectivity index (χ2v) is 18.1. The van der Waals surface area contributed by atoms with Crippen molar-refractivity contribution in [3.05, 3.63) is 295 Å². The molecule has 1 unspecified atom stereocenters. The number of para-hydroxylation sites is 5. The zero-order valence-corrected chi connectivity index (χ0v) is 37.9. The van der Waals surface area contributed by atoms with E-state index in [2.05, 4.69) is 216 Å². The van der Waals surface area contributed by atoms with Crippen molar-refractivity contribution < 1.29 is 6.85 Å². The third-order valence-corrected chi connectivity index (χ3v) is 14.5. The number of fused-ring (bicyclic) bond motifs is 13. The predicted molar refractivity (Wildman–Crippen MR) is 292 cm³/mol. The van der Waals surface area contributed by atoms with Crippen molar-refractivity contribution >= 4 is 55.9 Å². The zero-order valence-electron chi connectivity index (χ0n) is 42.9. The van der Waals surface area contributed by atoms with Crippen LogP contribution in [0, 0.1) is 0 Å². The average Bonchev–Trinajstić information content (AvgIpc) is 4.12. The summed E-state index contributed by atoms with van der Waals surface area (Å²) in [6.07, 6.45) is 0. The molecule has 3 heteroatoms. The lowest BCUT2D eigenvalue weighted by molar-refractivity contribution is 0.793. The minimum atomic E-state index is -0.816. The van der Waals surface area contributed by atoms with Gasteiger partial charge in [0.25, 0.3) is 0 Å². The molecule has 1 spiro atoms. The first-order chi connectivity index (χ1) is 36.8. The fraction of sp³-hybridized carbons (Fsp3) is 0.0149. The summed E-state index contributed by atoms with van der Waals surface area (Å²) in [5.41, 5.74) is 18.2. The topological polar surface area (TPSA) is 11.4 Å². The lowest BCUT2D eigenvalue weighted by atomic mass is 9.70. The number of aromatic nitrogens is 1. The molecule has 0 radical (unpaired) electrons. The Morgan fingerprint density at radius 2 is 0.829 bits per heavy atom. The Morgan fingerprint density at radius 3 is 1.51 bits per heavy atom. The van der Waals surface area contributed by atoms with Gasteiger partial charge in [0, 0.05) is 50.5 Å². The largest absolute Gasteiger partial charge is 0.310 e. The Bertz CT molecular complexity index is 4230. The predicted octanol–water partition coefficient (Wildman–Crippen LogP) is 17.7. The van der Waals surface area contributed by atoms with Crippen LogP contribution in [0.3, 0.4) is 0 Å². The van der Waals surface area contributed by atoms with Gasteiger partial charge in [-0.3, -0.25) is 0 Å². The van der Waals surface area contributed by atoms with Crippen LogP contribution in [0.15, 0.2) is 273 Å². The fourth-order valence-corrected chi connectivity index (χ4v) is 11.6. The van der Waals surface area contributed by atoms with Crippen molar-refractivity contribution in [1.82, 2.24) is 4.57 Å². The van der Waals surface area contributed by atoms with Crippen LogP contribution in [0.25, 0.3) is 60.9 Å². The van der Waals surface area contributed by atoms with Gasteiger partial charge in [0.2, 0.25) is 0 Å². The lowest BCUT2D eigenvalue weighted by Crippen LogP contribution is -2.26. The first-order valence-corrected chi connectivity index (χ1v) is 23.8. The SMILES string of the molecule is [2H]c1c([2H])c([2H])c(N(c2ccccc2)c2ccc3c(c2)C2(c4ccccc4-c4ccc(N(c5ccc6c(c5)c5ccccc5n6-c5ccccc5)c5ccccc5-c5ccccc5)cc42)c2ccccc2-3)c([2H])c1[2H]. The molecule has 0 saturated carbocycles. The molecule has 0 saturated heterocycles.